The molecule has 0 amide bonds. The normalized spacial score (nSPS) is 40.8. The van der Waals surface area contributed by atoms with Crippen molar-refractivity contribution in [3.8, 4) is 86.2 Å². The fraction of sp³-hybridized carbons (Fsp3) is 0.552. The summed E-state index contributed by atoms with van der Waals surface area (Å²) in [5, 5.41) is 98.1. The van der Waals surface area contributed by atoms with Crippen molar-refractivity contribution >= 4 is 17.9 Å². The Balaban J connectivity index is 0.000000133. The first-order chi connectivity index (χ1) is 65.3. The second-order valence-electron chi connectivity index (χ2n) is 31.7. The minimum atomic E-state index is -3.19. The molecule has 9 fully saturated rings. The van der Waals surface area contributed by atoms with Crippen LogP contribution in [0.15, 0.2) is 72.8 Å². The molecule has 6 aromatic carbocycles. The number of hydrogen-bond donors (Lipinski definition) is 9. The van der Waals surface area contributed by atoms with Crippen LogP contribution in [0.1, 0.15) is 123 Å². The second kappa shape index (κ2) is 34.2. The average Bonchev–Trinajstić information content (AvgIpc) is 1.71. The van der Waals surface area contributed by atoms with Gasteiger partial charge in [-0.2, -0.15) is 0 Å². The molecule has 6 aromatic rings. The van der Waals surface area contributed by atoms with Gasteiger partial charge in [0.25, 0.3) is 0 Å². The number of esters is 3. The number of aliphatic hydroxyl groups is 6. The molecule has 126 heavy (non-hydrogen) atoms. The van der Waals surface area contributed by atoms with Crippen LogP contribution < -0.4 is 56.8 Å². The number of methoxy groups -OCH3 is 6. The van der Waals surface area contributed by atoms with Gasteiger partial charge in [0.2, 0.25) is 37.6 Å². The number of carbonyl (C=O) groups excluding carboxylic acids is 3. The maximum absolute atomic E-state index is 13.8. The van der Waals surface area contributed by atoms with E-state index >= 15 is 0 Å². The summed E-state index contributed by atoms with van der Waals surface area (Å²) < 4.78 is 254. The van der Waals surface area contributed by atoms with Crippen LogP contribution >= 0.6 is 0 Å². The van der Waals surface area contributed by atoms with E-state index in [1.807, 2.05) is 0 Å². The number of fused-ring (bicyclic) bond motifs is 12. The van der Waals surface area contributed by atoms with Gasteiger partial charge in [0.15, 0.2) is 107 Å². The van der Waals surface area contributed by atoms with Gasteiger partial charge in [0.05, 0.1) is 129 Å². The molecule has 0 unspecified atom stereocenters. The van der Waals surface area contributed by atoms with Crippen molar-refractivity contribution in [1.29, 1.82) is 0 Å². The van der Waals surface area contributed by atoms with Crippen molar-refractivity contribution in [3.05, 3.63) is 123 Å². The van der Waals surface area contributed by atoms with Crippen LogP contribution in [0.4, 0.5) is 0 Å². The lowest BCUT2D eigenvalue weighted by atomic mass is 9.66. The van der Waals surface area contributed by atoms with Crippen molar-refractivity contribution in [2.75, 3.05) is 102 Å². The first-order valence-corrected chi connectivity index (χ1v) is 40.2. The van der Waals surface area contributed by atoms with Crippen LogP contribution in [-0.4, -0.2) is 277 Å². The Hall–Kier alpha value is -9.99. The molecule has 21 rings (SSSR count). The monoisotopic (exact) mass is 1780 g/mol. The molecule has 0 spiro atoms. The number of cyclic esters (lactones) is 3. The standard InChI is InChI=1S/3C29H32O13/c3*1-11-36-9-20-27(40-11)24(31)25(32)29(41-20)42-26-14-7-17-16(38-10-39-17)6-13(14)21(22-15(26)8-37-28(22)33)12-4-18(34-2)23(30)19(5-12)35-3/h3*4-7,11,15,20-22,24-27,29-32H,8-10H2,1-3H3/t3*11-,15+,20-,21-,22+,24-,25-,26-,27-,29+/m111/s1/i2D3,3D3,8D2,21D;21D,22D;22D. The fourth-order valence-corrected chi connectivity index (χ4v) is 18.8. The molecule has 12 heterocycles. The van der Waals surface area contributed by atoms with Crippen LogP contribution in [0.25, 0.3) is 0 Å². The average molecular weight is 1780 g/mol. The Morgan fingerprint density at radius 1 is 0.357 bits per heavy atom. The second-order valence-corrected chi connectivity index (χ2v) is 31.7. The summed E-state index contributed by atoms with van der Waals surface area (Å²) in [6, 6.07) is 16.8. The maximum Gasteiger partial charge on any atom is 0.310 e. The van der Waals surface area contributed by atoms with Gasteiger partial charge in [-0.3, -0.25) is 14.4 Å². The summed E-state index contributed by atoms with van der Waals surface area (Å²) in [7, 11) is -0.966. The lowest BCUT2D eigenvalue weighted by molar-refractivity contribution is -0.364. The number of carbonyl (C=O) groups is 3. The number of aromatic hydroxyl groups is 3. The molecule has 678 valence electrons. The van der Waals surface area contributed by atoms with Crippen LogP contribution in [0.5, 0.6) is 86.2 Å². The van der Waals surface area contributed by atoms with Crippen LogP contribution in [0.2, 0.25) is 0 Å². The highest BCUT2D eigenvalue weighted by atomic mass is 16.8. The molecule has 9 saturated heterocycles. The minimum absolute atomic E-state index is 0.000454. The molecule has 15 aliphatic rings. The molecule has 39 heteroatoms. The van der Waals surface area contributed by atoms with Crippen molar-refractivity contribution in [1.82, 2.24) is 0 Å². The van der Waals surface area contributed by atoms with Gasteiger partial charge >= 0.3 is 17.9 Å². The Labute approximate surface area is 735 Å². The molecule has 3 aliphatic carbocycles. The van der Waals surface area contributed by atoms with E-state index in [0.29, 0.717) is 39.5 Å². The number of rotatable bonds is 15. The summed E-state index contributed by atoms with van der Waals surface area (Å²) in [5.41, 5.74) is 1.59. The number of phenolic OH excluding ortho intramolecular Hbond substituents is 3. The molecule has 12 aliphatic heterocycles. The van der Waals surface area contributed by atoms with Gasteiger partial charge in [-0.25, -0.2) is 0 Å². The summed E-state index contributed by atoms with van der Waals surface area (Å²) in [6.45, 7) is 1.37. The molecule has 0 aromatic heterocycles. The van der Waals surface area contributed by atoms with E-state index in [1.54, 1.807) is 51.1 Å². The highest BCUT2D eigenvalue weighted by molar-refractivity contribution is 5.81. The SMILES string of the molecule is [2H]C([2H])([2H])Oc1cc([C@]2([2H])c3cc4c(cc3[C@@H](O[C@@H]3O[C@@H]5CO[C@@H](C)O[C@H]5[C@H](O)[C@H]3O)[C@@H]3[C@@H]2C(=O)OC3([2H])[2H])OCO4)cc(OC([2H])([2H])[2H])c1O.[2H][C@@]1(c2cc(OC)c(O)c(OC)c2)c2cc3c(cc2[C@@H](O[C@@H]2O[C@@H]4CO[C@@H](C)O[C@H]4[C@H](O)[C@H]2O)[C@H]2COC(=O)[C@@]21[2H])OCO3.[2H][C@]12C(=O)OC[C@@H]1[C@H](O[C@@H]1O[C@@H]3CO[C@@H](C)O[C@H]3[C@H](O)[C@H]1O)c1cc3c(cc1[C@H]2c1cc(OC)c(O)c(OC)c1)OCO3. The van der Waals surface area contributed by atoms with E-state index < -0.39 is 238 Å². The van der Waals surface area contributed by atoms with Gasteiger partial charge in [0.1, 0.15) is 73.2 Å². The summed E-state index contributed by atoms with van der Waals surface area (Å²) in [6.07, 6.45) is -24.3. The third-order valence-corrected chi connectivity index (χ3v) is 24.8. The zero-order valence-corrected chi connectivity index (χ0v) is 67.9. The lowest BCUT2D eigenvalue weighted by Crippen LogP contribution is -2.63. The predicted octanol–water partition coefficient (Wildman–Crippen LogP) is 4.02. The van der Waals surface area contributed by atoms with Crippen LogP contribution in [0.3, 0.4) is 0 Å². The van der Waals surface area contributed by atoms with Crippen molar-refractivity contribution in [2.24, 2.45) is 35.5 Å². The quantitative estimate of drug-likeness (QED) is 0.0518. The van der Waals surface area contributed by atoms with E-state index in [1.165, 1.54) is 58.8 Å². The largest absolute Gasteiger partial charge is 0.502 e. The van der Waals surface area contributed by atoms with Crippen LogP contribution in [-0.2, 0) is 85.4 Å². The highest BCUT2D eigenvalue weighted by Gasteiger charge is 2.61. The number of ether oxygens (including phenoxy) is 27. The van der Waals surface area contributed by atoms with Gasteiger partial charge in [-0.1, -0.05) is 0 Å². The van der Waals surface area contributed by atoms with E-state index in [0.717, 1.165) is 12.1 Å². The van der Waals surface area contributed by atoms with Crippen LogP contribution in [0, 0.1) is 35.5 Å². The number of benzene rings is 6. The summed E-state index contributed by atoms with van der Waals surface area (Å²) >= 11 is 0. The van der Waals surface area contributed by atoms with Crippen molar-refractivity contribution < 1.29 is 205 Å². The van der Waals surface area contributed by atoms with Gasteiger partial charge in [0, 0.05) is 40.9 Å². The molecular weight excluding hydrogens is 1670 g/mol. The summed E-state index contributed by atoms with van der Waals surface area (Å²) in [5.74, 6) is -19.9. The highest BCUT2D eigenvalue weighted by Crippen LogP contribution is 2.62. The number of hydrogen-bond acceptors (Lipinski definition) is 39. The van der Waals surface area contributed by atoms with E-state index in [-0.39, 0.29) is 133 Å². The molecule has 0 radical (unpaired) electrons. The number of phenols is 3. The first-order valence-electron chi connectivity index (χ1n) is 46.2. The van der Waals surface area contributed by atoms with E-state index in [9.17, 15) is 65.8 Å². The lowest BCUT2D eigenvalue weighted by Gasteiger charge is -2.47. The molecule has 0 bridgehead atoms. The Morgan fingerprint density at radius 2 is 0.683 bits per heavy atom. The maximum atomic E-state index is 13.8. The third kappa shape index (κ3) is 14.8. The fourth-order valence-electron chi connectivity index (χ4n) is 18.8. The molecule has 30 atom stereocenters. The molecular formula is C87H96O39. The Morgan fingerprint density at radius 3 is 1.07 bits per heavy atom. The molecule has 9 N–H and O–H groups in total. The topological polar surface area (TPSA) is 482 Å². The Bertz CT molecular complexity index is 5630. The van der Waals surface area contributed by atoms with Gasteiger partial charge < -0.3 is 174 Å². The smallest absolute Gasteiger partial charge is 0.310 e. The minimum Gasteiger partial charge on any atom is -0.502 e. The third-order valence-electron chi connectivity index (χ3n) is 24.8. The van der Waals surface area contributed by atoms with E-state index in [4.69, 9.17) is 139 Å². The predicted molar refractivity (Wildman–Crippen MR) is 415 cm³/mol. The molecule has 39 nitrogen and oxygen atoms in total. The number of aliphatic hydroxyl groups excluding tert-OH is 6. The molecule has 0 saturated carbocycles. The van der Waals surface area contributed by atoms with Gasteiger partial charge in [-0.15, -0.1) is 0 Å². The van der Waals surface area contributed by atoms with Crippen molar-refractivity contribution in [2.45, 2.75) is 168 Å². The summed E-state index contributed by atoms with van der Waals surface area (Å²) in [4.78, 5) is 40.9. The first kappa shape index (κ1) is 72.0. The van der Waals surface area contributed by atoms with Gasteiger partial charge in [-0.05, 0) is 144 Å². The zero-order valence-electron chi connectivity index (χ0n) is 79.9. The zero-order chi connectivity index (χ0) is 98.3. The van der Waals surface area contributed by atoms with Crippen molar-refractivity contribution in [3.63, 3.8) is 0 Å². The van der Waals surface area contributed by atoms with E-state index in [2.05, 4.69) is 0 Å². The Kier molecular flexibility index (Phi) is 19.5.